The molecule has 0 aliphatic heterocycles. The summed E-state index contributed by atoms with van der Waals surface area (Å²) in [6.45, 7) is 0. The Balaban J connectivity index is 1.83. The molecule has 4 nitrogen and oxygen atoms in total. The lowest BCUT2D eigenvalue weighted by Gasteiger charge is -2.06. The summed E-state index contributed by atoms with van der Waals surface area (Å²) in [6, 6.07) is 17.8. The first kappa shape index (κ1) is 15.0. The molecule has 0 amide bonds. The van der Waals surface area contributed by atoms with Gasteiger partial charge in [0.1, 0.15) is 5.75 Å². The van der Waals surface area contributed by atoms with Gasteiger partial charge in [0.05, 0.1) is 18.7 Å². The zero-order valence-corrected chi connectivity index (χ0v) is 13.7. The number of rotatable bonds is 3. The van der Waals surface area contributed by atoms with Crippen LogP contribution in [0.3, 0.4) is 0 Å². The Hall–Kier alpha value is -3.58. The van der Waals surface area contributed by atoms with Gasteiger partial charge in [-0.3, -0.25) is 4.98 Å². The van der Waals surface area contributed by atoms with Crippen LogP contribution in [-0.2, 0) is 0 Å². The van der Waals surface area contributed by atoms with E-state index in [0.717, 1.165) is 38.9 Å². The minimum absolute atomic E-state index is 0.644. The van der Waals surface area contributed by atoms with E-state index in [0.29, 0.717) is 5.56 Å². The molecule has 0 atom stereocenters. The average molecular weight is 325 g/mol. The highest BCUT2D eigenvalue weighted by Gasteiger charge is 2.09. The third kappa shape index (κ3) is 2.73. The van der Waals surface area contributed by atoms with E-state index in [1.165, 1.54) is 0 Å². The first-order chi connectivity index (χ1) is 12.3. The third-order valence-electron chi connectivity index (χ3n) is 4.26. The molecule has 0 spiro atoms. The molecule has 4 rings (SSSR count). The Labute approximate surface area is 145 Å². The number of nitrogens with one attached hydrogen (secondary N) is 1. The minimum atomic E-state index is 0.644. The van der Waals surface area contributed by atoms with E-state index in [-0.39, 0.29) is 0 Å². The number of hydrogen-bond acceptors (Lipinski definition) is 3. The van der Waals surface area contributed by atoms with Crippen LogP contribution in [-0.4, -0.2) is 17.1 Å². The summed E-state index contributed by atoms with van der Waals surface area (Å²) in [5.74, 6) is 0.814. The molecule has 120 valence electrons. The fourth-order valence-electron chi connectivity index (χ4n) is 2.98. The van der Waals surface area contributed by atoms with Crippen molar-refractivity contribution in [2.75, 3.05) is 7.11 Å². The van der Waals surface area contributed by atoms with Crippen LogP contribution in [0.1, 0.15) is 5.56 Å². The SMILES string of the molecule is COc1cccc(-c2cncc(-c3c[nH]c4ccc(C#N)cc34)c2)c1. The average Bonchev–Trinajstić information content (AvgIpc) is 3.11. The van der Waals surface area contributed by atoms with E-state index in [4.69, 9.17) is 10.00 Å². The van der Waals surface area contributed by atoms with E-state index in [1.807, 2.05) is 61.1 Å². The van der Waals surface area contributed by atoms with Gasteiger partial charge in [0.25, 0.3) is 0 Å². The minimum Gasteiger partial charge on any atom is -0.497 e. The molecule has 1 N–H and O–H groups in total. The number of nitrogens with zero attached hydrogens (tertiary/aromatic N) is 2. The smallest absolute Gasteiger partial charge is 0.119 e. The van der Waals surface area contributed by atoms with Crippen molar-refractivity contribution in [2.45, 2.75) is 0 Å². The van der Waals surface area contributed by atoms with Crippen molar-refractivity contribution >= 4 is 10.9 Å². The number of pyridine rings is 1. The number of benzene rings is 2. The molecule has 0 unspecified atom stereocenters. The van der Waals surface area contributed by atoms with Crippen molar-refractivity contribution in [3.8, 4) is 34.1 Å². The van der Waals surface area contributed by atoms with Crippen molar-refractivity contribution in [3.63, 3.8) is 0 Å². The topological polar surface area (TPSA) is 61.7 Å². The second kappa shape index (κ2) is 6.14. The normalized spacial score (nSPS) is 10.6. The van der Waals surface area contributed by atoms with Crippen LogP contribution in [0.5, 0.6) is 5.75 Å². The lowest BCUT2D eigenvalue weighted by Crippen LogP contribution is -1.86. The fraction of sp³-hybridized carbons (Fsp3) is 0.0476. The Morgan fingerprint density at radius 2 is 1.88 bits per heavy atom. The summed E-state index contributed by atoms with van der Waals surface area (Å²) in [4.78, 5) is 7.66. The summed E-state index contributed by atoms with van der Waals surface area (Å²) in [5.41, 5.74) is 5.74. The van der Waals surface area contributed by atoms with Gasteiger partial charge in [-0.1, -0.05) is 12.1 Å². The molecule has 4 heteroatoms. The zero-order chi connectivity index (χ0) is 17.2. The fourth-order valence-corrected chi connectivity index (χ4v) is 2.98. The van der Waals surface area contributed by atoms with Gasteiger partial charge in [0.15, 0.2) is 0 Å². The molecule has 25 heavy (non-hydrogen) atoms. The van der Waals surface area contributed by atoms with Gasteiger partial charge in [-0.2, -0.15) is 5.26 Å². The second-order valence-corrected chi connectivity index (χ2v) is 5.77. The highest BCUT2D eigenvalue weighted by atomic mass is 16.5. The molecule has 0 bridgehead atoms. The van der Waals surface area contributed by atoms with Gasteiger partial charge in [-0.15, -0.1) is 0 Å². The van der Waals surface area contributed by atoms with Crippen LogP contribution in [0.2, 0.25) is 0 Å². The van der Waals surface area contributed by atoms with Crippen LogP contribution in [0.15, 0.2) is 67.1 Å². The molecule has 4 aromatic rings. The molecule has 0 radical (unpaired) electrons. The van der Waals surface area contributed by atoms with Crippen molar-refractivity contribution in [3.05, 3.63) is 72.7 Å². The number of H-pyrrole nitrogens is 1. The lowest BCUT2D eigenvalue weighted by atomic mass is 10.0. The molecule has 0 saturated heterocycles. The number of fused-ring (bicyclic) bond motifs is 1. The molecular formula is C21H15N3O. The predicted octanol–water partition coefficient (Wildman–Crippen LogP) is 4.78. The van der Waals surface area contributed by atoms with E-state index in [9.17, 15) is 0 Å². The quantitative estimate of drug-likeness (QED) is 0.590. The Morgan fingerprint density at radius 3 is 2.72 bits per heavy atom. The summed E-state index contributed by atoms with van der Waals surface area (Å²) < 4.78 is 5.31. The molecular weight excluding hydrogens is 310 g/mol. The van der Waals surface area contributed by atoms with E-state index >= 15 is 0 Å². The predicted molar refractivity (Wildman–Crippen MR) is 98.2 cm³/mol. The largest absolute Gasteiger partial charge is 0.497 e. The van der Waals surface area contributed by atoms with Gasteiger partial charge in [-0.05, 0) is 42.0 Å². The van der Waals surface area contributed by atoms with Crippen LogP contribution in [0.25, 0.3) is 33.2 Å². The van der Waals surface area contributed by atoms with Crippen molar-refractivity contribution in [1.82, 2.24) is 9.97 Å². The lowest BCUT2D eigenvalue weighted by molar-refractivity contribution is 0.415. The molecule has 0 saturated carbocycles. The molecule has 2 aromatic carbocycles. The number of methoxy groups -OCH3 is 1. The maximum Gasteiger partial charge on any atom is 0.119 e. The zero-order valence-electron chi connectivity index (χ0n) is 13.7. The summed E-state index contributed by atoms with van der Waals surface area (Å²) in [7, 11) is 1.66. The number of nitriles is 1. The van der Waals surface area contributed by atoms with Gasteiger partial charge in [0, 0.05) is 46.2 Å². The monoisotopic (exact) mass is 325 g/mol. The Kier molecular flexibility index (Phi) is 3.68. The standard InChI is InChI=1S/C21H15N3O/c1-25-18-4-2-3-15(9-18)16-8-17(12-23-11-16)20-13-24-21-6-5-14(10-22)7-19(20)21/h2-9,11-13,24H,1H3. The van der Waals surface area contributed by atoms with Crippen molar-refractivity contribution in [2.24, 2.45) is 0 Å². The summed E-state index contributed by atoms with van der Waals surface area (Å²) >= 11 is 0. The third-order valence-corrected chi connectivity index (χ3v) is 4.26. The summed E-state index contributed by atoms with van der Waals surface area (Å²) in [6.07, 6.45) is 5.64. The first-order valence-electron chi connectivity index (χ1n) is 7.89. The van der Waals surface area contributed by atoms with Crippen LogP contribution in [0, 0.1) is 11.3 Å². The Morgan fingerprint density at radius 1 is 1.00 bits per heavy atom. The van der Waals surface area contributed by atoms with Crippen LogP contribution >= 0.6 is 0 Å². The molecule has 0 aliphatic rings. The Bertz CT molecular complexity index is 1110. The van der Waals surface area contributed by atoms with Gasteiger partial charge in [-0.25, -0.2) is 0 Å². The van der Waals surface area contributed by atoms with Crippen LogP contribution < -0.4 is 4.74 Å². The number of aromatic amines is 1. The van der Waals surface area contributed by atoms with Gasteiger partial charge in [0.2, 0.25) is 0 Å². The van der Waals surface area contributed by atoms with Crippen LogP contribution in [0.4, 0.5) is 0 Å². The van der Waals surface area contributed by atoms with Crippen molar-refractivity contribution in [1.29, 1.82) is 5.26 Å². The molecule has 2 aromatic heterocycles. The van der Waals surface area contributed by atoms with Gasteiger partial charge >= 0.3 is 0 Å². The highest BCUT2D eigenvalue weighted by Crippen LogP contribution is 2.32. The number of aromatic nitrogens is 2. The molecule has 2 heterocycles. The molecule has 0 fully saturated rings. The maximum absolute atomic E-state index is 9.15. The highest BCUT2D eigenvalue weighted by molar-refractivity contribution is 5.96. The van der Waals surface area contributed by atoms with E-state index < -0.39 is 0 Å². The second-order valence-electron chi connectivity index (χ2n) is 5.77. The summed E-state index contributed by atoms with van der Waals surface area (Å²) in [5, 5.41) is 10.2. The number of ether oxygens (including phenoxy) is 1. The van der Waals surface area contributed by atoms with Gasteiger partial charge < -0.3 is 9.72 Å². The number of hydrogen-bond donors (Lipinski definition) is 1. The molecule has 0 aliphatic carbocycles. The van der Waals surface area contributed by atoms with Crippen molar-refractivity contribution < 1.29 is 4.74 Å². The van der Waals surface area contributed by atoms with E-state index in [2.05, 4.69) is 22.1 Å². The maximum atomic E-state index is 9.15. The first-order valence-corrected chi connectivity index (χ1v) is 7.89. The van der Waals surface area contributed by atoms with E-state index in [1.54, 1.807) is 7.11 Å².